The minimum Gasteiger partial charge on any atom is -0.345 e. The van der Waals surface area contributed by atoms with E-state index in [4.69, 9.17) is 0 Å². The molecule has 0 atom stereocenters. The fraction of sp³-hybridized carbons (Fsp3) is 0.267. The second-order valence-electron chi connectivity index (χ2n) is 9.59. The number of carbonyl (C=O) groups is 2. The van der Waals surface area contributed by atoms with Crippen LogP contribution in [0.15, 0.2) is 76.8 Å². The van der Waals surface area contributed by atoms with Crippen molar-refractivity contribution in [2.45, 2.75) is 44.3 Å². The molecule has 3 aromatic carbocycles. The van der Waals surface area contributed by atoms with Crippen molar-refractivity contribution in [3.05, 3.63) is 95.1 Å². The van der Waals surface area contributed by atoms with E-state index in [1.807, 2.05) is 32.0 Å². The van der Waals surface area contributed by atoms with Crippen LogP contribution in [0.5, 0.6) is 0 Å². The minimum atomic E-state index is -3.64. The molecule has 43 heavy (non-hydrogen) atoms. The third kappa shape index (κ3) is 7.48. The van der Waals surface area contributed by atoms with Crippen LogP contribution in [-0.4, -0.2) is 58.1 Å². The van der Waals surface area contributed by atoms with Crippen molar-refractivity contribution in [1.29, 1.82) is 0 Å². The number of thioether (sulfide) groups is 1. The summed E-state index contributed by atoms with van der Waals surface area (Å²) in [7, 11) is -3.64. The number of benzene rings is 3. The van der Waals surface area contributed by atoms with Crippen molar-refractivity contribution < 1.29 is 22.4 Å². The van der Waals surface area contributed by atoms with Gasteiger partial charge in [0.2, 0.25) is 15.9 Å². The summed E-state index contributed by atoms with van der Waals surface area (Å²) in [5.41, 5.74) is 3.61. The lowest BCUT2D eigenvalue weighted by Crippen LogP contribution is -2.30. The zero-order chi connectivity index (χ0) is 31.1. The highest BCUT2D eigenvalue weighted by atomic mass is 32.2. The number of hydrogen-bond donors (Lipinski definition) is 2. The van der Waals surface area contributed by atoms with E-state index in [1.54, 1.807) is 18.4 Å². The number of halogens is 1. The van der Waals surface area contributed by atoms with E-state index in [-0.39, 0.29) is 23.1 Å². The number of rotatable bonds is 12. The summed E-state index contributed by atoms with van der Waals surface area (Å²) in [6.45, 7) is 8.22. The standard InChI is InChI=1S/C30H33FN6O4S2/c1-5-36(6-2)43(40,41)25-16-10-22(11-17-25)29(39)32-18-27-34-35-30(37(27)26-9-7-8-20(3)21(26)4)42-19-28(38)33-24-14-12-23(31)13-15-24/h7-17H,5-6,18-19H2,1-4H3,(H,32,39)(H,33,38). The van der Waals surface area contributed by atoms with Gasteiger partial charge in [0.1, 0.15) is 5.82 Å². The highest BCUT2D eigenvalue weighted by molar-refractivity contribution is 7.99. The van der Waals surface area contributed by atoms with Crippen molar-refractivity contribution >= 4 is 39.3 Å². The molecule has 226 valence electrons. The predicted octanol–water partition coefficient (Wildman–Crippen LogP) is 4.71. The van der Waals surface area contributed by atoms with E-state index >= 15 is 0 Å². The Balaban J connectivity index is 1.51. The molecule has 0 radical (unpaired) electrons. The van der Waals surface area contributed by atoms with E-state index in [9.17, 15) is 22.4 Å². The summed E-state index contributed by atoms with van der Waals surface area (Å²) in [5.74, 6) is -0.628. The van der Waals surface area contributed by atoms with Crippen LogP contribution in [0.3, 0.4) is 0 Å². The van der Waals surface area contributed by atoms with Crippen LogP contribution in [0.2, 0.25) is 0 Å². The summed E-state index contributed by atoms with van der Waals surface area (Å²) in [5, 5.41) is 14.6. The first-order valence-electron chi connectivity index (χ1n) is 13.6. The summed E-state index contributed by atoms with van der Waals surface area (Å²) in [4.78, 5) is 25.7. The Bertz CT molecular complexity index is 1700. The first-order valence-corrected chi connectivity index (χ1v) is 16.0. The van der Waals surface area contributed by atoms with Gasteiger partial charge in [0.05, 0.1) is 22.9 Å². The molecule has 0 fully saturated rings. The Kier molecular flexibility index (Phi) is 10.3. The molecule has 13 heteroatoms. The first kappa shape index (κ1) is 31.9. The van der Waals surface area contributed by atoms with Gasteiger partial charge in [-0.3, -0.25) is 14.2 Å². The van der Waals surface area contributed by atoms with Crippen molar-refractivity contribution in [1.82, 2.24) is 24.4 Å². The second kappa shape index (κ2) is 13.9. The van der Waals surface area contributed by atoms with E-state index in [0.717, 1.165) is 16.8 Å². The average Bonchev–Trinajstić information content (AvgIpc) is 3.40. The van der Waals surface area contributed by atoms with E-state index < -0.39 is 21.7 Å². The summed E-state index contributed by atoms with van der Waals surface area (Å²) < 4.78 is 41.9. The van der Waals surface area contributed by atoms with Crippen molar-refractivity contribution in [2.24, 2.45) is 0 Å². The van der Waals surface area contributed by atoms with Crippen molar-refractivity contribution in [3.63, 3.8) is 0 Å². The Labute approximate surface area is 254 Å². The highest BCUT2D eigenvalue weighted by Crippen LogP contribution is 2.26. The number of aromatic nitrogens is 3. The Morgan fingerprint density at radius 1 is 0.953 bits per heavy atom. The van der Waals surface area contributed by atoms with E-state index in [1.165, 1.54) is 64.6 Å². The van der Waals surface area contributed by atoms with Gasteiger partial charge >= 0.3 is 0 Å². The highest BCUT2D eigenvalue weighted by Gasteiger charge is 2.22. The van der Waals surface area contributed by atoms with Gasteiger partial charge in [-0.25, -0.2) is 12.8 Å². The number of sulfonamides is 1. The third-order valence-electron chi connectivity index (χ3n) is 6.84. The zero-order valence-corrected chi connectivity index (χ0v) is 25.9. The largest absolute Gasteiger partial charge is 0.345 e. The van der Waals surface area contributed by atoms with Crippen LogP contribution >= 0.6 is 11.8 Å². The fourth-order valence-electron chi connectivity index (χ4n) is 4.34. The van der Waals surface area contributed by atoms with Crippen LogP contribution in [0.4, 0.5) is 10.1 Å². The van der Waals surface area contributed by atoms with Gasteiger partial charge in [0, 0.05) is 24.3 Å². The first-order chi connectivity index (χ1) is 20.5. The maximum atomic E-state index is 13.2. The maximum Gasteiger partial charge on any atom is 0.251 e. The van der Waals surface area contributed by atoms with Crippen LogP contribution in [0.1, 0.15) is 41.2 Å². The summed E-state index contributed by atoms with van der Waals surface area (Å²) in [6.07, 6.45) is 0. The molecule has 10 nitrogen and oxygen atoms in total. The van der Waals surface area contributed by atoms with Gasteiger partial charge in [0.15, 0.2) is 11.0 Å². The smallest absolute Gasteiger partial charge is 0.251 e. The minimum absolute atomic E-state index is 0.0233. The van der Waals surface area contributed by atoms with Gasteiger partial charge in [-0.2, -0.15) is 4.31 Å². The SMILES string of the molecule is CCN(CC)S(=O)(=O)c1ccc(C(=O)NCc2nnc(SCC(=O)Nc3ccc(F)cc3)n2-c2cccc(C)c2C)cc1. The molecule has 0 spiro atoms. The molecule has 0 saturated carbocycles. The predicted molar refractivity (Wildman–Crippen MR) is 164 cm³/mol. The molecule has 0 unspecified atom stereocenters. The van der Waals surface area contributed by atoms with Crippen LogP contribution in [-0.2, 0) is 21.4 Å². The van der Waals surface area contributed by atoms with Gasteiger partial charge < -0.3 is 10.6 Å². The fourth-order valence-corrected chi connectivity index (χ4v) is 6.56. The second-order valence-corrected chi connectivity index (χ2v) is 12.5. The van der Waals surface area contributed by atoms with Gasteiger partial charge in [-0.1, -0.05) is 37.7 Å². The van der Waals surface area contributed by atoms with Gasteiger partial charge in [0.25, 0.3) is 5.91 Å². The van der Waals surface area contributed by atoms with Crippen LogP contribution in [0, 0.1) is 19.7 Å². The monoisotopic (exact) mass is 624 g/mol. The zero-order valence-electron chi connectivity index (χ0n) is 24.3. The van der Waals surface area contributed by atoms with Crippen LogP contribution in [0.25, 0.3) is 5.69 Å². The quantitative estimate of drug-likeness (QED) is 0.219. The number of carbonyl (C=O) groups excluding carboxylic acids is 2. The lowest BCUT2D eigenvalue weighted by molar-refractivity contribution is -0.113. The molecule has 1 aromatic heterocycles. The molecule has 0 aliphatic carbocycles. The Hall–Kier alpha value is -4.07. The number of nitrogens with one attached hydrogen (secondary N) is 2. The molecular formula is C30H33FN6O4S2. The molecule has 2 amide bonds. The topological polar surface area (TPSA) is 126 Å². The molecule has 0 aliphatic rings. The number of aryl methyl sites for hydroxylation is 1. The van der Waals surface area contributed by atoms with Crippen molar-refractivity contribution in [2.75, 3.05) is 24.2 Å². The van der Waals surface area contributed by atoms with Crippen molar-refractivity contribution in [3.8, 4) is 5.69 Å². The number of anilines is 1. The summed E-state index contributed by atoms with van der Waals surface area (Å²) in [6, 6.07) is 17.1. The number of hydrogen-bond acceptors (Lipinski definition) is 7. The molecule has 4 aromatic rings. The van der Waals surface area contributed by atoms with Gasteiger partial charge in [-0.05, 0) is 79.6 Å². The van der Waals surface area contributed by atoms with Crippen LogP contribution < -0.4 is 10.6 Å². The lowest BCUT2D eigenvalue weighted by atomic mass is 10.1. The lowest BCUT2D eigenvalue weighted by Gasteiger charge is -2.18. The van der Waals surface area contributed by atoms with E-state index in [0.29, 0.717) is 35.3 Å². The number of nitrogens with zero attached hydrogens (tertiary/aromatic N) is 4. The Morgan fingerprint density at radius 3 is 2.28 bits per heavy atom. The molecule has 0 saturated heterocycles. The molecule has 2 N–H and O–H groups in total. The molecule has 1 heterocycles. The third-order valence-corrected chi connectivity index (χ3v) is 9.84. The molecule has 4 rings (SSSR count). The molecular weight excluding hydrogens is 592 g/mol. The summed E-state index contributed by atoms with van der Waals surface area (Å²) >= 11 is 1.18. The normalized spacial score (nSPS) is 11.5. The van der Waals surface area contributed by atoms with Gasteiger partial charge in [-0.15, -0.1) is 10.2 Å². The molecule has 0 bridgehead atoms. The maximum absolute atomic E-state index is 13.2. The number of amides is 2. The average molecular weight is 625 g/mol. The molecule has 0 aliphatic heterocycles. The van der Waals surface area contributed by atoms with E-state index in [2.05, 4.69) is 20.8 Å². The Morgan fingerprint density at radius 2 is 1.63 bits per heavy atom.